The number of carbonyl (C=O) groups is 2. The van der Waals surface area contributed by atoms with Crippen LogP contribution in [0.5, 0.6) is 0 Å². The van der Waals surface area contributed by atoms with E-state index in [4.69, 9.17) is 5.11 Å². The molecule has 0 radical (unpaired) electrons. The van der Waals surface area contributed by atoms with E-state index in [0.29, 0.717) is 18.7 Å². The summed E-state index contributed by atoms with van der Waals surface area (Å²) in [6, 6.07) is 1.81. The molecule has 8 heteroatoms. The average Bonchev–Trinajstić information content (AvgIpc) is 3.07. The molecule has 0 aliphatic carbocycles. The molecule has 2 heterocycles. The number of carboxylic acids is 1. The van der Waals surface area contributed by atoms with Crippen LogP contribution >= 0.6 is 0 Å². The zero-order chi connectivity index (χ0) is 14.4. The highest BCUT2D eigenvalue weighted by molar-refractivity contribution is 5.93. The average molecular weight is 277 g/mol. The number of hydrogen-bond acceptors (Lipinski definition) is 4. The summed E-state index contributed by atoms with van der Waals surface area (Å²) in [4.78, 5) is 22.3. The highest BCUT2D eigenvalue weighted by Gasteiger charge is 2.08. The van der Waals surface area contributed by atoms with Crippen molar-refractivity contribution in [2.24, 2.45) is 0 Å². The van der Waals surface area contributed by atoms with Crippen molar-refractivity contribution >= 4 is 11.9 Å². The molecule has 0 aliphatic rings. The summed E-state index contributed by atoms with van der Waals surface area (Å²) in [6.45, 7) is 1.29. The molecule has 0 spiro atoms. The Balaban J connectivity index is 1.78. The number of aliphatic carboxylic acids is 1. The molecule has 0 aromatic carbocycles. The Morgan fingerprint density at radius 1 is 1.25 bits per heavy atom. The van der Waals surface area contributed by atoms with Crippen molar-refractivity contribution in [3.05, 3.63) is 36.4 Å². The van der Waals surface area contributed by atoms with E-state index in [9.17, 15) is 9.59 Å². The van der Waals surface area contributed by atoms with Gasteiger partial charge in [-0.05, 0) is 6.07 Å². The Hall–Kier alpha value is -2.64. The first-order chi connectivity index (χ1) is 9.65. The number of hydrogen-bond donors (Lipinski definition) is 2. The first kappa shape index (κ1) is 13.8. The number of rotatable bonds is 7. The highest BCUT2D eigenvalue weighted by atomic mass is 16.4. The number of amides is 1. The third-order valence-electron chi connectivity index (χ3n) is 2.64. The lowest BCUT2D eigenvalue weighted by Gasteiger charge is -2.03. The van der Waals surface area contributed by atoms with Crippen molar-refractivity contribution in [2.75, 3.05) is 6.54 Å². The van der Waals surface area contributed by atoms with Crippen LogP contribution in [0.25, 0.3) is 0 Å². The van der Waals surface area contributed by atoms with E-state index in [1.807, 2.05) is 12.3 Å². The van der Waals surface area contributed by atoms with Gasteiger partial charge in [0, 0.05) is 25.1 Å². The van der Waals surface area contributed by atoms with Crippen molar-refractivity contribution in [1.82, 2.24) is 24.9 Å². The van der Waals surface area contributed by atoms with E-state index in [-0.39, 0.29) is 18.9 Å². The number of nitrogens with one attached hydrogen (secondary N) is 1. The Labute approximate surface area is 115 Å². The van der Waals surface area contributed by atoms with Crippen LogP contribution in [0.3, 0.4) is 0 Å². The number of nitrogens with zero attached hydrogens (tertiary/aromatic N) is 4. The molecule has 0 bridgehead atoms. The summed E-state index contributed by atoms with van der Waals surface area (Å²) in [5.41, 5.74) is 0.413. The third-order valence-corrected chi connectivity index (χ3v) is 2.64. The van der Waals surface area contributed by atoms with Crippen LogP contribution < -0.4 is 5.32 Å². The molecule has 2 N–H and O–H groups in total. The van der Waals surface area contributed by atoms with Gasteiger partial charge in [0.15, 0.2) is 0 Å². The maximum absolute atomic E-state index is 11.8. The van der Waals surface area contributed by atoms with Crippen LogP contribution in [0.4, 0.5) is 0 Å². The SMILES string of the molecule is O=C(O)CCn1cc(C(=O)NCCn2cccn2)cn1. The molecule has 0 unspecified atom stereocenters. The second-order valence-corrected chi connectivity index (χ2v) is 4.16. The lowest BCUT2D eigenvalue weighted by Crippen LogP contribution is -2.27. The van der Waals surface area contributed by atoms with Crippen molar-refractivity contribution in [3.8, 4) is 0 Å². The lowest BCUT2D eigenvalue weighted by atomic mass is 10.3. The summed E-state index contributed by atoms with van der Waals surface area (Å²) in [5, 5.41) is 19.3. The smallest absolute Gasteiger partial charge is 0.305 e. The Kier molecular flexibility index (Phi) is 4.48. The molecule has 0 aliphatic heterocycles. The van der Waals surface area contributed by atoms with Gasteiger partial charge in [-0.1, -0.05) is 0 Å². The van der Waals surface area contributed by atoms with Crippen molar-refractivity contribution in [1.29, 1.82) is 0 Å². The monoisotopic (exact) mass is 277 g/mol. The zero-order valence-electron chi connectivity index (χ0n) is 10.8. The number of carbonyl (C=O) groups excluding carboxylic acids is 1. The van der Waals surface area contributed by atoms with Gasteiger partial charge in [-0.15, -0.1) is 0 Å². The van der Waals surface area contributed by atoms with E-state index in [1.54, 1.807) is 10.9 Å². The van der Waals surface area contributed by atoms with Crippen LogP contribution in [-0.2, 0) is 17.9 Å². The standard InChI is InChI=1S/C12H15N5O3/c18-11(19)2-6-17-9-10(8-15-17)12(20)13-4-7-16-5-1-3-14-16/h1,3,5,8-9H,2,4,6-7H2,(H,13,20)(H,18,19). The van der Waals surface area contributed by atoms with E-state index in [1.165, 1.54) is 17.1 Å². The predicted molar refractivity (Wildman–Crippen MR) is 69.0 cm³/mol. The molecule has 2 aromatic rings. The van der Waals surface area contributed by atoms with Gasteiger partial charge < -0.3 is 10.4 Å². The molecule has 0 saturated heterocycles. The van der Waals surface area contributed by atoms with Crippen molar-refractivity contribution < 1.29 is 14.7 Å². The van der Waals surface area contributed by atoms with E-state index < -0.39 is 5.97 Å². The molecule has 2 aromatic heterocycles. The quantitative estimate of drug-likeness (QED) is 0.740. The van der Waals surface area contributed by atoms with E-state index in [0.717, 1.165) is 0 Å². The van der Waals surface area contributed by atoms with Gasteiger partial charge in [0.1, 0.15) is 0 Å². The summed E-state index contributed by atoms with van der Waals surface area (Å²) in [7, 11) is 0. The molecule has 106 valence electrons. The number of carboxylic acid groups (broad SMARTS) is 1. The maximum atomic E-state index is 11.8. The summed E-state index contributed by atoms with van der Waals surface area (Å²) in [5.74, 6) is -1.13. The molecule has 0 saturated carbocycles. The molecule has 1 amide bonds. The fraction of sp³-hybridized carbons (Fsp3) is 0.333. The summed E-state index contributed by atoms with van der Waals surface area (Å²) >= 11 is 0. The van der Waals surface area contributed by atoms with Gasteiger partial charge in [-0.3, -0.25) is 19.0 Å². The summed E-state index contributed by atoms with van der Waals surface area (Å²) < 4.78 is 3.16. The van der Waals surface area contributed by atoms with Crippen molar-refractivity contribution in [3.63, 3.8) is 0 Å². The fourth-order valence-corrected chi connectivity index (χ4v) is 1.63. The highest BCUT2D eigenvalue weighted by Crippen LogP contribution is 1.99. The van der Waals surface area contributed by atoms with Crippen LogP contribution in [0.15, 0.2) is 30.9 Å². The molecular weight excluding hydrogens is 262 g/mol. The topological polar surface area (TPSA) is 102 Å². The zero-order valence-corrected chi connectivity index (χ0v) is 10.8. The van der Waals surface area contributed by atoms with E-state index in [2.05, 4.69) is 15.5 Å². The van der Waals surface area contributed by atoms with Gasteiger partial charge in [0.05, 0.1) is 31.3 Å². The Morgan fingerprint density at radius 2 is 2.10 bits per heavy atom. The second kappa shape index (κ2) is 6.50. The van der Waals surface area contributed by atoms with Crippen LogP contribution in [0.2, 0.25) is 0 Å². The third kappa shape index (κ3) is 3.94. The first-order valence-electron chi connectivity index (χ1n) is 6.15. The minimum Gasteiger partial charge on any atom is -0.481 e. The number of aromatic nitrogens is 4. The number of aryl methyl sites for hydroxylation is 1. The minimum atomic E-state index is -0.897. The molecule has 0 atom stereocenters. The first-order valence-corrected chi connectivity index (χ1v) is 6.15. The summed E-state index contributed by atoms with van der Waals surface area (Å²) in [6.07, 6.45) is 6.42. The molecule has 0 fully saturated rings. The Bertz CT molecular complexity index is 576. The van der Waals surface area contributed by atoms with Gasteiger partial charge in [-0.2, -0.15) is 10.2 Å². The largest absolute Gasteiger partial charge is 0.481 e. The maximum Gasteiger partial charge on any atom is 0.305 e. The van der Waals surface area contributed by atoms with Crippen molar-refractivity contribution in [2.45, 2.75) is 19.5 Å². The van der Waals surface area contributed by atoms with E-state index >= 15 is 0 Å². The Morgan fingerprint density at radius 3 is 2.80 bits per heavy atom. The van der Waals surface area contributed by atoms with Crippen LogP contribution in [0.1, 0.15) is 16.8 Å². The van der Waals surface area contributed by atoms with Gasteiger partial charge in [-0.25, -0.2) is 0 Å². The van der Waals surface area contributed by atoms with Gasteiger partial charge in [0.2, 0.25) is 0 Å². The molecule has 8 nitrogen and oxygen atoms in total. The van der Waals surface area contributed by atoms with Gasteiger partial charge >= 0.3 is 5.97 Å². The normalized spacial score (nSPS) is 10.4. The molecule has 20 heavy (non-hydrogen) atoms. The minimum absolute atomic E-state index is 0.0258. The van der Waals surface area contributed by atoms with Crippen LogP contribution in [-0.4, -0.2) is 43.1 Å². The lowest BCUT2D eigenvalue weighted by molar-refractivity contribution is -0.137. The molecule has 2 rings (SSSR count). The van der Waals surface area contributed by atoms with Gasteiger partial charge in [0.25, 0.3) is 5.91 Å². The predicted octanol–water partition coefficient (Wildman–Crippen LogP) is -0.0157. The fourth-order valence-electron chi connectivity index (χ4n) is 1.63. The second-order valence-electron chi connectivity index (χ2n) is 4.16. The van der Waals surface area contributed by atoms with Crippen LogP contribution in [0, 0.1) is 0 Å². The molecular formula is C12H15N5O3.